The Morgan fingerprint density at radius 1 is 1.21 bits per heavy atom. The Morgan fingerprint density at radius 3 is 2.55 bits per heavy atom. The van der Waals surface area contributed by atoms with Crippen LogP contribution in [0.25, 0.3) is 0 Å². The third-order valence-corrected chi connectivity index (χ3v) is 6.16. The van der Waals surface area contributed by atoms with E-state index in [0.717, 1.165) is 5.69 Å². The van der Waals surface area contributed by atoms with Crippen molar-refractivity contribution < 1.29 is 19.4 Å². The summed E-state index contributed by atoms with van der Waals surface area (Å²) in [6, 6.07) is 9.32. The van der Waals surface area contributed by atoms with Gasteiger partial charge in [-0.05, 0) is 48.8 Å². The zero-order valence-electron chi connectivity index (χ0n) is 17.2. The predicted molar refractivity (Wildman–Crippen MR) is 108 cm³/mol. The summed E-state index contributed by atoms with van der Waals surface area (Å²) in [4.78, 5) is 14.8. The molecule has 0 unspecified atom stereocenters. The number of amides is 1. The van der Waals surface area contributed by atoms with Crippen LogP contribution < -0.4 is 9.47 Å². The zero-order chi connectivity index (χ0) is 20.5. The van der Waals surface area contributed by atoms with Crippen molar-refractivity contribution in [2.75, 3.05) is 20.2 Å². The number of aromatic amines is 1. The molecule has 156 valence electrons. The van der Waals surface area contributed by atoms with E-state index < -0.39 is 6.10 Å². The van der Waals surface area contributed by atoms with E-state index in [1.54, 1.807) is 7.11 Å². The number of fused-ring (bicyclic) bond motifs is 1. The summed E-state index contributed by atoms with van der Waals surface area (Å²) in [5, 5.41) is 17.8. The lowest BCUT2D eigenvalue weighted by Crippen LogP contribution is -2.42. The van der Waals surface area contributed by atoms with Gasteiger partial charge in [-0.1, -0.05) is 26.0 Å². The van der Waals surface area contributed by atoms with E-state index >= 15 is 0 Å². The topological polar surface area (TPSA) is 87.7 Å². The fourth-order valence-electron chi connectivity index (χ4n) is 4.47. The molecule has 2 aliphatic rings. The Balaban J connectivity index is 1.42. The van der Waals surface area contributed by atoms with E-state index in [2.05, 4.69) is 24.0 Å². The normalized spacial score (nSPS) is 26.4. The van der Waals surface area contributed by atoms with Crippen LogP contribution in [0.2, 0.25) is 0 Å². The number of aromatic nitrogens is 2. The number of hydrogen-bond donors (Lipinski definition) is 2. The van der Waals surface area contributed by atoms with E-state index in [4.69, 9.17) is 9.47 Å². The highest BCUT2D eigenvalue weighted by Gasteiger charge is 2.44. The molecule has 4 atom stereocenters. The number of nitrogens with one attached hydrogen (secondary N) is 1. The van der Waals surface area contributed by atoms with Crippen molar-refractivity contribution >= 4 is 5.91 Å². The van der Waals surface area contributed by atoms with Crippen LogP contribution >= 0.6 is 0 Å². The molecule has 4 rings (SSSR count). The van der Waals surface area contributed by atoms with E-state index in [1.807, 2.05) is 35.2 Å². The number of hydrogen-bond acceptors (Lipinski definition) is 5. The number of methoxy groups -OCH3 is 1. The highest BCUT2D eigenvalue weighted by atomic mass is 16.5. The number of rotatable bonds is 5. The van der Waals surface area contributed by atoms with Gasteiger partial charge in [0.25, 0.3) is 5.91 Å². The molecule has 7 nitrogen and oxygen atoms in total. The fourth-order valence-corrected chi connectivity index (χ4v) is 4.47. The summed E-state index contributed by atoms with van der Waals surface area (Å²) in [5.41, 5.74) is 1.43. The van der Waals surface area contributed by atoms with Gasteiger partial charge in [-0.2, -0.15) is 5.10 Å². The first kappa shape index (κ1) is 19.8. The van der Waals surface area contributed by atoms with Crippen LogP contribution in [0.3, 0.4) is 0 Å². The molecule has 2 fully saturated rings. The summed E-state index contributed by atoms with van der Waals surface area (Å²) in [5.74, 6) is 2.15. The highest BCUT2D eigenvalue weighted by Crippen LogP contribution is 2.39. The molecule has 1 aromatic heterocycles. The Labute approximate surface area is 171 Å². The highest BCUT2D eigenvalue weighted by molar-refractivity contribution is 5.92. The zero-order valence-corrected chi connectivity index (χ0v) is 17.2. The molecule has 1 aromatic carbocycles. The maximum absolute atomic E-state index is 12.9. The Kier molecular flexibility index (Phi) is 5.50. The van der Waals surface area contributed by atoms with Gasteiger partial charge in [0, 0.05) is 18.8 Å². The van der Waals surface area contributed by atoms with Crippen LogP contribution in [0.1, 0.15) is 48.8 Å². The molecule has 1 saturated heterocycles. The largest absolute Gasteiger partial charge is 0.493 e. The smallest absolute Gasteiger partial charge is 0.274 e. The third kappa shape index (κ3) is 3.96. The number of aliphatic hydroxyl groups excluding tert-OH is 1. The van der Waals surface area contributed by atoms with Crippen molar-refractivity contribution in [3.63, 3.8) is 0 Å². The van der Waals surface area contributed by atoms with Gasteiger partial charge in [0.2, 0.25) is 0 Å². The number of ether oxygens (including phenoxy) is 2. The molecule has 0 bridgehead atoms. The molecule has 2 aromatic rings. The lowest BCUT2D eigenvalue weighted by Gasteiger charge is -2.35. The first-order chi connectivity index (χ1) is 14.0. The van der Waals surface area contributed by atoms with Gasteiger partial charge in [0.15, 0.2) is 11.5 Å². The summed E-state index contributed by atoms with van der Waals surface area (Å²) in [6.07, 6.45) is 0.479. The van der Waals surface area contributed by atoms with Crippen LogP contribution in [-0.4, -0.2) is 58.5 Å². The second kappa shape index (κ2) is 8.06. The lowest BCUT2D eigenvalue weighted by molar-refractivity contribution is -0.0240. The van der Waals surface area contributed by atoms with Crippen molar-refractivity contribution in [2.24, 2.45) is 11.8 Å². The van der Waals surface area contributed by atoms with Gasteiger partial charge in [0.1, 0.15) is 11.8 Å². The SMILES string of the molecule is COc1ccccc1O[C@@H]1C[C@@H]2CN(C(=O)c3cc(C(C)C)[nH]n3)C[C@@H]2C[C@H]1O. The molecule has 1 saturated carbocycles. The number of para-hydroxylation sites is 2. The lowest BCUT2D eigenvalue weighted by atomic mass is 9.78. The summed E-state index contributed by atoms with van der Waals surface area (Å²) in [7, 11) is 1.61. The summed E-state index contributed by atoms with van der Waals surface area (Å²) in [6.45, 7) is 5.46. The monoisotopic (exact) mass is 399 g/mol. The number of H-pyrrole nitrogens is 1. The molecule has 1 aliphatic carbocycles. The standard InChI is InChI=1S/C22H29N3O4/c1-13(2)16-10-17(24-23-16)22(27)25-11-14-8-18(26)21(9-15(14)12-25)29-20-7-5-4-6-19(20)28-3/h4-7,10,13-15,18,21,26H,8-9,11-12H2,1-3H3,(H,23,24)/t14-,15+,18+,21+/m0/s1. The third-order valence-electron chi connectivity index (χ3n) is 6.16. The number of carbonyl (C=O) groups excluding carboxylic acids is 1. The molecule has 1 amide bonds. The number of likely N-dealkylation sites (tertiary alicyclic amines) is 1. The van der Waals surface area contributed by atoms with Crippen molar-refractivity contribution in [3.05, 3.63) is 41.7 Å². The Hall–Kier alpha value is -2.54. The van der Waals surface area contributed by atoms with Crippen molar-refractivity contribution in [1.82, 2.24) is 15.1 Å². The molecule has 7 heteroatoms. The summed E-state index contributed by atoms with van der Waals surface area (Å²) < 4.78 is 11.5. The average Bonchev–Trinajstić information content (AvgIpc) is 3.35. The van der Waals surface area contributed by atoms with Crippen LogP contribution in [0.15, 0.2) is 30.3 Å². The minimum atomic E-state index is -0.561. The van der Waals surface area contributed by atoms with E-state index in [-0.39, 0.29) is 17.9 Å². The quantitative estimate of drug-likeness (QED) is 0.807. The van der Waals surface area contributed by atoms with Gasteiger partial charge in [-0.3, -0.25) is 9.89 Å². The maximum Gasteiger partial charge on any atom is 0.274 e. The summed E-state index contributed by atoms with van der Waals surface area (Å²) >= 11 is 0. The van der Waals surface area contributed by atoms with Crippen LogP contribution in [0.4, 0.5) is 0 Å². The van der Waals surface area contributed by atoms with Crippen molar-refractivity contribution in [1.29, 1.82) is 0 Å². The number of nitrogens with zero attached hydrogens (tertiary/aromatic N) is 2. The maximum atomic E-state index is 12.9. The molecule has 29 heavy (non-hydrogen) atoms. The van der Waals surface area contributed by atoms with Gasteiger partial charge in [-0.25, -0.2) is 0 Å². The molecular formula is C22H29N3O4. The second-order valence-electron chi connectivity index (χ2n) is 8.44. The minimum Gasteiger partial charge on any atom is -0.493 e. The predicted octanol–water partition coefficient (Wildman–Crippen LogP) is 2.83. The van der Waals surface area contributed by atoms with E-state index in [9.17, 15) is 9.90 Å². The first-order valence-corrected chi connectivity index (χ1v) is 10.3. The first-order valence-electron chi connectivity index (χ1n) is 10.3. The average molecular weight is 399 g/mol. The van der Waals surface area contributed by atoms with Crippen LogP contribution in [0.5, 0.6) is 11.5 Å². The van der Waals surface area contributed by atoms with Crippen molar-refractivity contribution in [3.8, 4) is 11.5 Å². The molecule has 1 aliphatic heterocycles. The number of benzene rings is 1. The van der Waals surface area contributed by atoms with Gasteiger partial charge in [-0.15, -0.1) is 0 Å². The van der Waals surface area contributed by atoms with E-state index in [0.29, 0.717) is 55.0 Å². The Bertz CT molecular complexity index is 865. The fraction of sp³-hybridized carbons (Fsp3) is 0.545. The number of carbonyl (C=O) groups is 1. The minimum absolute atomic E-state index is 0.0424. The van der Waals surface area contributed by atoms with E-state index in [1.165, 1.54) is 0 Å². The molecule has 2 N–H and O–H groups in total. The molecule has 0 spiro atoms. The second-order valence-corrected chi connectivity index (χ2v) is 8.44. The molecular weight excluding hydrogens is 370 g/mol. The number of aliphatic hydroxyl groups is 1. The van der Waals surface area contributed by atoms with Gasteiger partial charge >= 0.3 is 0 Å². The van der Waals surface area contributed by atoms with Crippen molar-refractivity contribution in [2.45, 2.75) is 44.8 Å². The van der Waals surface area contributed by atoms with Crippen LogP contribution in [-0.2, 0) is 0 Å². The molecule has 2 heterocycles. The molecule has 0 radical (unpaired) electrons. The Morgan fingerprint density at radius 2 is 1.90 bits per heavy atom. The van der Waals surface area contributed by atoms with Gasteiger partial charge < -0.3 is 19.5 Å². The van der Waals surface area contributed by atoms with Gasteiger partial charge in [0.05, 0.1) is 13.2 Å². The van der Waals surface area contributed by atoms with Crippen LogP contribution in [0, 0.1) is 11.8 Å².